The Morgan fingerprint density at radius 3 is 2.36 bits per heavy atom. The third-order valence-corrected chi connectivity index (χ3v) is 63.7. The molecule has 4 heteroatoms. The molecule has 0 radical (unpaired) electrons. The van der Waals surface area contributed by atoms with Crippen LogP contribution in [0.3, 0.4) is 0 Å². The summed E-state index contributed by atoms with van der Waals surface area (Å²) in [6, 6.07) is 15.7. The number of nitrogens with one attached hydrogen (secondary N) is 1. The standard InChI is InChI=1S/C13H9.C7H13NO.C2H7Si.2CH3.Hf/c1-3-7-12-10(5-1)9-11-6-2-4-8-13(11)12;8-7(9)6-4-2-1-3-5-6;1-3-2;;;/h1-5,7-8H,9H2;6H,1-5H2,(H2,8,9);3H,1-2H3;2*1H3;/q;;;;;+1/p-1. The van der Waals surface area contributed by atoms with Crippen molar-refractivity contribution in [2.75, 3.05) is 0 Å². The van der Waals surface area contributed by atoms with Crippen LogP contribution < -0.4 is 6.62 Å². The second kappa shape index (κ2) is 7.35. The van der Waals surface area contributed by atoms with Crippen molar-refractivity contribution in [1.82, 2.24) is 3.30 Å². The predicted octanol–water partition coefficient (Wildman–Crippen LogP) is 5.26. The number of hydrogen-bond acceptors (Lipinski definition) is 1. The maximum absolute atomic E-state index is 13.4. The summed E-state index contributed by atoms with van der Waals surface area (Å²) >= 11 is -3.75. The van der Waals surface area contributed by atoms with E-state index in [1.165, 1.54) is 41.5 Å². The zero-order valence-corrected chi connectivity index (χ0v) is 22.6. The van der Waals surface area contributed by atoms with Crippen LogP contribution in [0, 0.1) is 5.92 Å². The zero-order valence-electron chi connectivity index (χ0n) is 17.8. The van der Waals surface area contributed by atoms with E-state index in [0.717, 1.165) is 19.3 Å². The summed E-state index contributed by atoms with van der Waals surface area (Å²) < 4.78 is 10.4. The molecule has 0 bridgehead atoms. The molecule has 1 N–H and O–H groups in total. The van der Waals surface area contributed by atoms with Gasteiger partial charge in [-0.1, -0.05) is 0 Å². The molecule has 2 aromatic carbocycles. The molecule has 2 nitrogen and oxygen atoms in total. The van der Waals surface area contributed by atoms with Gasteiger partial charge in [0, 0.05) is 0 Å². The van der Waals surface area contributed by atoms with Gasteiger partial charge in [0.05, 0.1) is 0 Å². The number of benzene rings is 2. The first-order valence-electron chi connectivity index (χ1n) is 11.0. The van der Waals surface area contributed by atoms with E-state index in [2.05, 4.69) is 68.2 Å². The molecule has 0 atom stereocenters. The Labute approximate surface area is 172 Å². The van der Waals surface area contributed by atoms with Crippen LogP contribution in [0.4, 0.5) is 0 Å². The Morgan fingerprint density at radius 2 is 1.64 bits per heavy atom. The van der Waals surface area contributed by atoms with Gasteiger partial charge < -0.3 is 0 Å². The van der Waals surface area contributed by atoms with Crippen molar-refractivity contribution in [1.29, 1.82) is 0 Å². The molecule has 4 rings (SSSR count). The molecule has 0 unspecified atom stereocenters. The van der Waals surface area contributed by atoms with Crippen molar-refractivity contribution in [3.63, 3.8) is 0 Å². The fourth-order valence-electron chi connectivity index (χ4n) is 5.25. The molecule has 2 aromatic rings. The quantitative estimate of drug-likeness (QED) is 0.435. The summed E-state index contributed by atoms with van der Waals surface area (Å²) in [5, 5.41) is 0. The first-order chi connectivity index (χ1) is 13.3. The van der Waals surface area contributed by atoms with Crippen LogP contribution in [0.15, 0.2) is 42.5 Å². The molecule has 2 aliphatic carbocycles. The van der Waals surface area contributed by atoms with Gasteiger partial charge in [0.1, 0.15) is 0 Å². The summed E-state index contributed by atoms with van der Waals surface area (Å²) in [4.78, 5) is 13.4. The average molecular weight is 559 g/mol. The van der Waals surface area contributed by atoms with Crippen LogP contribution in [-0.2, 0) is 29.2 Å². The van der Waals surface area contributed by atoms with Gasteiger partial charge in [0.25, 0.3) is 0 Å². The number of rotatable bonds is 4. The molecule has 1 saturated carbocycles. The number of carbonyl (C=O) groups is 1. The summed E-state index contributed by atoms with van der Waals surface area (Å²) in [7, 11) is 0. The third-order valence-electron chi connectivity index (χ3n) is 7.90. The van der Waals surface area contributed by atoms with E-state index in [1.807, 2.05) is 0 Å². The fourth-order valence-corrected chi connectivity index (χ4v) is 29.6. The number of fused-ring (bicyclic) bond motifs is 3. The van der Waals surface area contributed by atoms with E-state index < -0.39 is 23.9 Å². The molecule has 0 aromatic heterocycles. The first-order valence-corrected chi connectivity index (χ1v) is 30.9. The third kappa shape index (κ3) is 3.30. The van der Waals surface area contributed by atoms with Crippen molar-refractivity contribution in [3.8, 4) is 11.1 Å². The molecule has 2 aliphatic rings. The van der Waals surface area contributed by atoms with Crippen LogP contribution in [0.25, 0.3) is 11.1 Å². The molecule has 0 heterocycles. The Hall–Kier alpha value is -1.00. The van der Waals surface area contributed by atoms with Crippen LogP contribution >= 0.6 is 0 Å². The zero-order chi connectivity index (χ0) is 20.0. The number of hydrogen-bond donors (Lipinski definition) is 1. The molecule has 1 fully saturated rings. The van der Waals surface area contributed by atoms with Gasteiger partial charge in [-0.05, 0) is 0 Å². The minimum absolute atomic E-state index is 0.242. The summed E-state index contributed by atoms with van der Waals surface area (Å²) in [5.74, 6) is -0.486. The molecular formula is C24H34HfNOSi. The molecule has 0 saturated heterocycles. The van der Waals surface area contributed by atoms with E-state index in [9.17, 15) is 4.79 Å². The van der Waals surface area contributed by atoms with Crippen molar-refractivity contribution in [2.45, 2.75) is 61.0 Å². The first kappa shape index (κ1) is 20.3. The molecular weight excluding hydrogens is 525 g/mol. The van der Waals surface area contributed by atoms with Crippen LogP contribution in [0.1, 0.15) is 43.2 Å². The van der Waals surface area contributed by atoms with Gasteiger partial charge in [-0.15, -0.1) is 0 Å². The van der Waals surface area contributed by atoms with Crippen LogP contribution in [0.5, 0.6) is 0 Å². The Morgan fingerprint density at radius 1 is 0.964 bits per heavy atom. The topological polar surface area (TPSA) is 29.1 Å². The second-order valence-electron chi connectivity index (χ2n) is 10.1. The maximum atomic E-state index is 13.4. The molecule has 28 heavy (non-hydrogen) atoms. The number of amides is 1. The van der Waals surface area contributed by atoms with Crippen molar-refractivity contribution in [2.24, 2.45) is 5.92 Å². The minimum atomic E-state index is -3.75. The van der Waals surface area contributed by atoms with Gasteiger partial charge in [0.15, 0.2) is 0 Å². The SMILES string of the molecule is C[SiH](C)[Hf]([CH3])([CH3])([NH]C(=O)C1CCCCC1)[c]1cccc2c1Cc1ccccc1-2. The monoisotopic (exact) mass is 560 g/mol. The van der Waals surface area contributed by atoms with Crippen molar-refractivity contribution in [3.05, 3.63) is 53.6 Å². The van der Waals surface area contributed by atoms with Crippen molar-refractivity contribution >= 4 is 15.2 Å². The Kier molecular flexibility index (Phi) is 5.33. The van der Waals surface area contributed by atoms with E-state index in [1.54, 1.807) is 3.32 Å². The number of carbonyl (C=O) groups excluding carboxylic acids is 1. The fraction of sp³-hybridized carbons (Fsp3) is 0.458. The van der Waals surface area contributed by atoms with E-state index in [-0.39, 0.29) is 5.92 Å². The van der Waals surface area contributed by atoms with E-state index in [4.69, 9.17) is 0 Å². The molecule has 149 valence electrons. The van der Waals surface area contributed by atoms with Gasteiger partial charge in [-0.2, -0.15) is 0 Å². The second-order valence-corrected chi connectivity index (χ2v) is 59.8. The molecule has 1 amide bonds. The van der Waals surface area contributed by atoms with Crippen LogP contribution in [-0.4, -0.2) is 11.9 Å². The molecule has 0 aliphatic heterocycles. The average Bonchev–Trinajstić information content (AvgIpc) is 3.07. The summed E-state index contributed by atoms with van der Waals surface area (Å²) in [6.07, 6.45) is 6.91. The van der Waals surface area contributed by atoms with Gasteiger partial charge in [-0.25, -0.2) is 0 Å². The Bertz CT molecular complexity index is 915. The Balaban J connectivity index is 1.77. The van der Waals surface area contributed by atoms with E-state index >= 15 is 0 Å². The van der Waals surface area contributed by atoms with E-state index in [0.29, 0.717) is 5.91 Å². The van der Waals surface area contributed by atoms with Gasteiger partial charge >= 0.3 is 173 Å². The summed E-state index contributed by atoms with van der Waals surface area (Å²) in [5.41, 5.74) is 5.74. The van der Waals surface area contributed by atoms with Gasteiger partial charge in [-0.3, -0.25) is 0 Å². The normalized spacial score (nSPS) is 18.2. The van der Waals surface area contributed by atoms with Crippen LogP contribution in [0.2, 0.25) is 22.5 Å². The predicted molar refractivity (Wildman–Crippen MR) is 120 cm³/mol. The summed E-state index contributed by atoms with van der Waals surface area (Å²) in [6.45, 7) is 4.94. The van der Waals surface area contributed by atoms with Crippen molar-refractivity contribution < 1.29 is 22.8 Å². The molecule has 0 spiro atoms. The van der Waals surface area contributed by atoms with Gasteiger partial charge in [0.2, 0.25) is 0 Å².